The van der Waals surface area contributed by atoms with Crippen LogP contribution in [0.15, 0.2) is 18.2 Å². The first-order chi connectivity index (χ1) is 9.64. The van der Waals surface area contributed by atoms with Gasteiger partial charge >= 0.3 is 0 Å². The van der Waals surface area contributed by atoms with Crippen molar-refractivity contribution < 1.29 is 4.74 Å². The van der Waals surface area contributed by atoms with Crippen LogP contribution in [0.5, 0.6) is 5.75 Å². The van der Waals surface area contributed by atoms with E-state index >= 15 is 0 Å². The quantitative estimate of drug-likeness (QED) is 0.857. The van der Waals surface area contributed by atoms with E-state index in [0.29, 0.717) is 11.5 Å². The zero-order valence-electron chi connectivity index (χ0n) is 14.7. The molecule has 2 heteroatoms. The molecule has 118 valence electrons. The third kappa shape index (κ3) is 3.60. The number of hydrogen-bond donors (Lipinski definition) is 1. The van der Waals surface area contributed by atoms with Gasteiger partial charge in [-0.1, -0.05) is 47.6 Å². The van der Waals surface area contributed by atoms with Gasteiger partial charge in [-0.3, -0.25) is 0 Å². The van der Waals surface area contributed by atoms with Crippen molar-refractivity contribution in [2.75, 3.05) is 6.54 Å². The van der Waals surface area contributed by atoms with Crippen molar-refractivity contribution in [3.05, 3.63) is 29.3 Å². The molecule has 0 radical (unpaired) electrons. The van der Waals surface area contributed by atoms with E-state index in [1.807, 2.05) is 0 Å². The lowest BCUT2D eigenvalue weighted by Crippen LogP contribution is -2.29. The molecular formula is C19H31NO. The Hall–Kier alpha value is -1.02. The average molecular weight is 289 g/mol. The minimum Gasteiger partial charge on any atom is -0.488 e. The minimum absolute atomic E-state index is 0.176. The zero-order valence-corrected chi connectivity index (χ0v) is 14.7. The highest BCUT2D eigenvalue weighted by Gasteiger charge is 2.33. The summed E-state index contributed by atoms with van der Waals surface area (Å²) >= 11 is 0. The maximum atomic E-state index is 5.98. The highest BCUT2D eigenvalue weighted by atomic mass is 16.5. The lowest BCUT2D eigenvalue weighted by atomic mass is 9.72. The molecule has 1 N–H and O–H groups in total. The molecule has 0 aliphatic carbocycles. The van der Waals surface area contributed by atoms with E-state index in [1.165, 1.54) is 17.5 Å². The van der Waals surface area contributed by atoms with Gasteiger partial charge in [0.05, 0.1) is 6.04 Å². The number of hydrogen-bond acceptors (Lipinski definition) is 2. The summed E-state index contributed by atoms with van der Waals surface area (Å²) in [5, 5.41) is 3.55. The van der Waals surface area contributed by atoms with E-state index in [-0.39, 0.29) is 11.5 Å². The van der Waals surface area contributed by atoms with Crippen LogP contribution in [0.25, 0.3) is 0 Å². The number of nitrogens with one attached hydrogen (secondary N) is 1. The maximum Gasteiger partial charge on any atom is 0.124 e. The molecular weight excluding hydrogens is 258 g/mol. The predicted octanol–water partition coefficient (Wildman–Crippen LogP) is 4.83. The minimum atomic E-state index is 0.176. The summed E-state index contributed by atoms with van der Waals surface area (Å²) in [5.41, 5.74) is 3.24. The first kappa shape index (κ1) is 16.4. The molecule has 0 spiro atoms. The van der Waals surface area contributed by atoms with Crippen LogP contribution in [0, 0.1) is 5.41 Å². The van der Waals surface area contributed by atoms with Crippen LogP contribution >= 0.6 is 0 Å². The van der Waals surface area contributed by atoms with Crippen molar-refractivity contribution in [2.24, 2.45) is 5.41 Å². The summed E-state index contributed by atoms with van der Waals surface area (Å²) in [7, 11) is 0. The second-order valence-corrected chi connectivity index (χ2v) is 8.23. The van der Waals surface area contributed by atoms with Crippen LogP contribution < -0.4 is 10.1 Å². The monoisotopic (exact) mass is 289 g/mol. The van der Waals surface area contributed by atoms with Crippen LogP contribution in [0.3, 0.4) is 0 Å². The smallest absolute Gasteiger partial charge is 0.124 e. The van der Waals surface area contributed by atoms with Crippen molar-refractivity contribution in [3.8, 4) is 5.75 Å². The summed E-state index contributed by atoms with van der Waals surface area (Å²) < 4.78 is 5.98. The number of benzene rings is 1. The van der Waals surface area contributed by atoms with Gasteiger partial charge in [0.1, 0.15) is 11.9 Å². The summed E-state index contributed by atoms with van der Waals surface area (Å²) in [6, 6.07) is 7.07. The van der Waals surface area contributed by atoms with Crippen molar-refractivity contribution in [1.82, 2.24) is 5.32 Å². The van der Waals surface area contributed by atoms with Gasteiger partial charge in [-0.25, -0.2) is 0 Å². The number of ether oxygens (including phenoxy) is 1. The number of rotatable bonds is 4. The highest BCUT2D eigenvalue weighted by Crippen LogP contribution is 2.42. The van der Waals surface area contributed by atoms with Gasteiger partial charge in [-0.05, 0) is 48.4 Å². The van der Waals surface area contributed by atoms with Crippen LogP contribution in [0.4, 0.5) is 0 Å². The molecule has 1 aromatic carbocycles. The van der Waals surface area contributed by atoms with Gasteiger partial charge in [-0.15, -0.1) is 0 Å². The van der Waals surface area contributed by atoms with Gasteiger partial charge in [0, 0.05) is 5.56 Å². The molecule has 0 fully saturated rings. The van der Waals surface area contributed by atoms with Gasteiger partial charge in [0.25, 0.3) is 0 Å². The van der Waals surface area contributed by atoms with Crippen molar-refractivity contribution in [1.29, 1.82) is 0 Å². The molecule has 2 unspecified atom stereocenters. The first-order valence-electron chi connectivity index (χ1n) is 8.18. The molecule has 0 saturated heterocycles. The maximum absolute atomic E-state index is 5.98. The van der Waals surface area contributed by atoms with E-state index in [2.05, 4.69) is 72.0 Å². The Morgan fingerprint density at radius 3 is 2.38 bits per heavy atom. The molecule has 0 saturated carbocycles. The summed E-state index contributed by atoms with van der Waals surface area (Å²) in [6.45, 7) is 16.9. The fraction of sp³-hybridized carbons (Fsp3) is 0.684. The van der Waals surface area contributed by atoms with E-state index in [0.717, 1.165) is 12.3 Å². The van der Waals surface area contributed by atoms with Crippen LogP contribution in [-0.2, 0) is 5.41 Å². The Bertz CT molecular complexity index is 499. The Morgan fingerprint density at radius 2 is 1.81 bits per heavy atom. The number of fused-ring (bicyclic) bond motifs is 1. The van der Waals surface area contributed by atoms with Crippen molar-refractivity contribution in [3.63, 3.8) is 0 Å². The average Bonchev–Trinajstić information content (AvgIpc) is 2.63. The molecule has 2 atom stereocenters. The molecule has 2 rings (SSSR count). The Balaban J connectivity index is 2.33. The topological polar surface area (TPSA) is 21.3 Å². The third-order valence-corrected chi connectivity index (χ3v) is 4.30. The second kappa shape index (κ2) is 5.64. The molecule has 1 aliphatic rings. The van der Waals surface area contributed by atoms with E-state index in [4.69, 9.17) is 4.74 Å². The van der Waals surface area contributed by atoms with E-state index in [9.17, 15) is 0 Å². The van der Waals surface area contributed by atoms with Crippen LogP contribution in [0.2, 0.25) is 0 Å². The Kier molecular flexibility index (Phi) is 4.39. The van der Waals surface area contributed by atoms with Crippen LogP contribution in [0.1, 0.15) is 72.1 Å². The lowest BCUT2D eigenvalue weighted by Gasteiger charge is -2.33. The van der Waals surface area contributed by atoms with E-state index < -0.39 is 0 Å². The van der Waals surface area contributed by atoms with Crippen molar-refractivity contribution >= 4 is 0 Å². The van der Waals surface area contributed by atoms with Gasteiger partial charge < -0.3 is 10.1 Å². The number of likely N-dealkylation sites (N-methyl/N-ethyl adjacent to an activating group) is 1. The highest BCUT2D eigenvalue weighted by molar-refractivity contribution is 5.45. The molecule has 0 aromatic heterocycles. The zero-order chi connectivity index (χ0) is 15.8. The van der Waals surface area contributed by atoms with Crippen molar-refractivity contribution in [2.45, 2.75) is 72.4 Å². The third-order valence-electron chi connectivity index (χ3n) is 4.30. The molecule has 1 aromatic rings. The SMILES string of the molecule is CCNC1c2cc(C(C)(C)CC(C)(C)C)ccc2OC1C. The Labute approximate surface area is 130 Å². The van der Waals surface area contributed by atoms with Crippen LogP contribution in [-0.4, -0.2) is 12.6 Å². The normalized spacial score (nSPS) is 22.0. The molecule has 1 heterocycles. The first-order valence-corrected chi connectivity index (χ1v) is 8.18. The van der Waals surface area contributed by atoms with Gasteiger partial charge in [-0.2, -0.15) is 0 Å². The van der Waals surface area contributed by atoms with Gasteiger partial charge in [0.2, 0.25) is 0 Å². The molecule has 1 aliphatic heterocycles. The van der Waals surface area contributed by atoms with Gasteiger partial charge in [0.15, 0.2) is 0 Å². The molecule has 21 heavy (non-hydrogen) atoms. The predicted molar refractivity (Wildman–Crippen MR) is 90.0 cm³/mol. The summed E-state index contributed by atoms with van der Waals surface area (Å²) in [5.74, 6) is 1.05. The molecule has 2 nitrogen and oxygen atoms in total. The lowest BCUT2D eigenvalue weighted by molar-refractivity contribution is 0.211. The summed E-state index contributed by atoms with van der Waals surface area (Å²) in [6.07, 6.45) is 1.38. The largest absolute Gasteiger partial charge is 0.488 e. The second-order valence-electron chi connectivity index (χ2n) is 8.23. The molecule has 0 bridgehead atoms. The molecule has 0 amide bonds. The fourth-order valence-electron chi connectivity index (χ4n) is 3.76. The summed E-state index contributed by atoms with van der Waals surface area (Å²) in [4.78, 5) is 0. The van der Waals surface area contributed by atoms with E-state index in [1.54, 1.807) is 0 Å². The Morgan fingerprint density at radius 1 is 1.14 bits per heavy atom. The standard InChI is InChI=1S/C19H31NO/c1-8-20-17-13(2)21-16-10-9-14(11-15(16)17)19(6,7)12-18(3,4)5/h9-11,13,17,20H,8,12H2,1-7H3. The fourth-order valence-corrected chi connectivity index (χ4v) is 3.76.